The lowest BCUT2D eigenvalue weighted by molar-refractivity contribution is 0.294. The van der Waals surface area contributed by atoms with Crippen LogP contribution in [0, 0.1) is 5.82 Å². The second-order valence-corrected chi connectivity index (χ2v) is 5.63. The van der Waals surface area contributed by atoms with Crippen LogP contribution in [0.25, 0.3) is 0 Å². The van der Waals surface area contributed by atoms with Crippen molar-refractivity contribution in [3.63, 3.8) is 0 Å². The molecule has 2 N–H and O–H groups in total. The van der Waals surface area contributed by atoms with E-state index < -0.39 is 0 Å². The SMILES string of the molecule is COc1ccc(COc2cc(Br)ccc2[C@@H](C)N)c(F)c1. The lowest BCUT2D eigenvalue weighted by Gasteiger charge is -2.15. The van der Waals surface area contributed by atoms with Crippen molar-refractivity contribution in [1.82, 2.24) is 0 Å². The Labute approximate surface area is 132 Å². The van der Waals surface area contributed by atoms with Crippen molar-refractivity contribution in [3.05, 3.63) is 57.8 Å². The Bertz CT molecular complexity index is 632. The van der Waals surface area contributed by atoms with Gasteiger partial charge >= 0.3 is 0 Å². The highest BCUT2D eigenvalue weighted by Gasteiger charge is 2.11. The van der Waals surface area contributed by atoms with Crippen LogP contribution in [-0.4, -0.2) is 7.11 Å². The predicted octanol–water partition coefficient (Wildman–Crippen LogP) is 4.20. The standard InChI is InChI=1S/C16H17BrFNO2/c1-10(19)14-6-4-12(17)7-16(14)21-9-11-3-5-13(20-2)8-15(11)18/h3-8,10H,9,19H2,1-2H3/t10-/m1/s1. The quantitative estimate of drug-likeness (QED) is 0.876. The van der Waals surface area contributed by atoms with Crippen molar-refractivity contribution in [2.24, 2.45) is 5.73 Å². The largest absolute Gasteiger partial charge is 0.497 e. The van der Waals surface area contributed by atoms with Gasteiger partial charge in [0.15, 0.2) is 0 Å². The molecule has 0 aliphatic carbocycles. The molecule has 0 aliphatic rings. The van der Waals surface area contributed by atoms with E-state index in [4.69, 9.17) is 15.2 Å². The third-order valence-corrected chi connectivity index (χ3v) is 3.60. The minimum Gasteiger partial charge on any atom is -0.497 e. The van der Waals surface area contributed by atoms with Crippen LogP contribution < -0.4 is 15.2 Å². The second-order valence-electron chi connectivity index (χ2n) is 4.72. The summed E-state index contributed by atoms with van der Waals surface area (Å²) in [4.78, 5) is 0. The van der Waals surface area contributed by atoms with Crippen LogP contribution in [0.5, 0.6) is 11.5 Å². The van der Waals surface area contributed by atoms with Crippen LogP contribution in [0.4, 0.5) is 4.39 Å². The van der Waals surface area contributed by atoms with Gasteiger partial charge in [0.25, 0.3) is 0 Å². The van der Waals surface area contributed by atoms with Gasteiger partial charge < -0.3 is 15.2 Å². The Hall–Kier alpha value is -1.59. The normalized spacial score (nSPS) is 12.0. The fraction of sp³-hybridized carbons (Fsp3) is 0.250. The molecule has 1 atom stereocenters. The molecule has 2 aromatic carbocycles. The van der Waals surface area contributed by atoms with E-state index in [-0.39, 0.29) is 18.5 Å². The van der Waals surface area contributed by atoms with Crippen molar-refractivity contribution in [3.8, 4) is 11.5 Å². The summed E-state index contributed by atoms with van der Waals surface area (Å²) in [6, 6.07) is 10.2. The zero-order valence-corrected chi connectivity index (χ0v) is 13.5. The molecule has 0 spiro atoms. The first-order chi connectivity index (χ1) is 10.0. The zero-order chi connectivity index (χ0) is 15.4. The van der Waals surface area contributed by atoms with Crippen LogP contribution in [0.1, 0.15) is 24.1 Å². The molecule has 0 amide bonds. The molecular formula is C16H17BrFNO2. The van der Waals surface area contributed by atoms with E-state index in [9.17, 15) is 4.39 Å². The number of benzene rings is 2. The molecule has 0 aliphatic heterocycles. The highest BCUT2D eigenvalue weighted by atomic mass is 79.9. The average molecular weight is 354 g/mol. The molecule has 0 saturated heterocycles. The number of methoxy groups -OCH3 is 1. The van der Waals surface area contributed by atoms with E-state index in [1.54, 1.807) is 12.1 Å². The molecule has 0 bridgehead atoms. The first kappa shape index (κ1) is 15.8. The van der Waals surface area contributed by atoms with Crippen molar-refractivity contribution in [1.29, 1.82) is 0 Å². The molecule has 0 fully saturated rings. The number of hydrogen-bond acceptors (Lipinski definition) is 3. The summed E-state index contributed by atoms with van der Waals surface area (Å²) in [6.07, 6.45) is 0. The molecule has 0 radical (unpaired) electrons. The maximum absolute atomic E-state index is 13.9. The average Bonchev–Trinajstić information content (AvgIpc) is 2.45. The highest BCUT2D eigenvalue weighted by Crippen LogP contribution is 2.29. The van der Waals surface area contributed by atoms with Crippen molar-refractivity contribution < 1.29 is 13.9 Å². The van der Waals surface area contributed by atoms with E-state index in [0.29, 0.717) is 17.1 Å². The van der Waals surface area contributed by atoms with Gasteiger partial charge in [-0.15, -0.1) is 0 Å². The molecule has 5 heteroatoms. The van der Waals surface area contributed by atoms with E-state index in [2.05, 4.69) is 15.9 Å². The molecule has 0 aromatic heterocycles. The van der Waals surface area contributed by atoms with Gasteiger partial charge in [0.2, 0.25) is 0 Å². The molecular weight excluding hydrogens is 337 g/mol. The Morgan fingerprint density at radius 2 is 2.00 bits per heavy atom. The lowest BCUT2D eigenvalue weighted by atomic mass is 10.1. The number of nitrogens with two attached hydrogens (primary N) is 1. The van der Waals surface area contributed by atoms with Crippen LogP contribution in [0.3, 0.4) is 0 Å². The molecule has 21 heavy (non-hydrogen) atoms. The summed E-state index contributed by atoms with van der Waals surface area (Å²) in [5, 5.41) is 0. The van der Waals surface area contributed by atoms with Crippen LogP contribution in [0.2, 0.25) is 0 Å². The van der Waals surface area contributed by atoms with E-state index in [1.165, 1.54) is 13.2 Å². The fourth-order valence-corrected chi connectivity index (χ4v) is 2.28. The predicted molar refractivity (Wildman–Crippen MR) is 84.0 cm³/mol. The van der Waals surface area contributed by atoms with Crippen molar-refractivity contribution in [2.45, 2.75) is 19.6 Å². The molecule has 2 rings (SSSR count). The Morgan fingerprint density at radius 3 is 2.62 bits per heavy atom. The molecule has 2 aromatic rings. The zero-order valence-electron chi connectivity index (χ0n) is 11.9. The summed E-state index contributed by atoms with van der Waals surface area (Å²) in [5.41, 5.74) is 7.26. The van der Waals surface area contributed by atoms with Crippen LogP contribution in [-0.2, 0) is 6.61 Å². The highest BCUT2D eigenvalue weighted by molar-refractivity contribution is 9.10. The van der Waals surface area contributed by atoms with Gasteiger partial charge in [-0.3, -0.25) is 0 Å². The van der Waals surface area contributed by atoms with Crippen LogP contribution in [0.15, 0.2) is 40.9 Å². The molecule has 0 heterocycles. The van der Waals surface area contributed by atoms with Crippen molar-refractivity contribution >= 4 is 15.9 Å². The lowest BCUT2D eigenvalue weighted by Crippen LogP contribution is -2.08. The maximum atomic E-state index is 13.9. The van der Waals surface area contributed by atoms with E-state index >= 15 is 0 Å². The minimum absolute atomic E-state index is 0.131. The Kier molecular flexibility index (Phi) is 5.20. The molecule has 0 unspecified atom stereocenters. The van der Waals surface area contributed by atoms with Crippen molar-refractivity contribution in [2.75, 3.05) is 7.11 Å². The molecule has 0 saturated carbocycles. The topological polar surface area (TPSA) is 44.5 Å². The first-order valence-corrected chi connectivity index (χ1v) is 7.31. The van der Waals surface area contributed by atoms with Gasteiger partial charge in [0.1, 0.15) is 23.9 Å². The van der Waals surface area contributed by atoms with E-state index in [0.717, 1.165) is 10.0 Å². The minimum atomic E-state index is -0.355. The Balaban J connectivity index is 2.18. The third kappa shape index (κ3) is 3.95. The first-order valence-electron chi connectivity index (χ1n) is 6.51. The maximum Gasteiger partial charge on any atom is 0.133 e. The molecule has 112 valence electrons. The number of halogens is 2. The summed E-state index contributed by atoms with van der Waals surface area (Å²) < 4.78 is 25.5. The van der Waals surface area contributed by atoms with Gasteiger partial charge in [-0.2, -0.15) is 0 Å². The monoisotopic (exact) mass is 353 g/mol. The van der Waals surface area contributed by atoms with Gasteiger partial charge in [0, 0.05) is 27.7 Å². The summed E-state index contributed by atoms with van der Waals surface area (Å²) in [7, 11) is 1.50. The van der Waals surface area contributed by atoms with Gasteiger partial charge in [-0.05, 0) is 31.2 Å². The number of rotatable bonds is 5. The number of ether oxygens (including phenoxy) is 2. The van der Waals surface area contributed by atoms with Crippen LogP contribution >= 0.6 is 15.9 Å². The second kappa shape index (κ2) is 6.91. The van der Waals surface area contributed by atoms with Gasteiger partial charge in [-0.1, -0.05) is 22.0 Å². The summed E-state index contributed by atoms with van der Waals surface area (Å²) >= 11 is 3.39. The van der Waals surface area contributed by atoms with Gasteiger partial charge in [-0.25, -0.2) is 4.39 Å². The fourth-order valence-electron chi connectivity index (χ4n) is 1.94. The van der Waals surface area contributed by atoms with Gasteiger partial charge in [0.05, 0.1) is 7.11 Å². The number of hydrogen-bond donors (Lipinski definition) is 1. The summed E-state index contributed by atoms with van der Waals surface area (Å²) in [5.74, 6) is 0.774. The van der Waals surface area contributed by atoms with E-state index in [1.807, 2.05) is 25.1 Å². The summed E-state index contributed by atoms with van der Waals surface area (Å²) in [6.45, 7) is 2.01. The third-order valence-electron chi connectivity index (χ3n) is 3.11. The molecule has 3 nitrogen and oxygen atoms in total. The Morgan fingerprint density at radius 1 is 1.24 bits per heavy atom. The smallest absolute Gasteiger partial charge is 0.133 e.